The number of rotatable bonds is 11. The number of nitrogens with two attached hydrogens (primary N) is 1. The normalized spacial score (nSPS) is 11.2. The lowest BCUT2D eigenvalue weighted by Gasteiger charge is -2.27. The second kappa shape index (κ2) is 15.3. The molecule has 0 aromatic carbocycles. The van der Waals surface area contributed by atoms with E-state index in [0.29, 0.717) is 35.7 Å². The van der Waals surface area contributed by atoms with Crippen molar-refractivity contribution in [3.63, 3.8) is 0 Å². The van der Waals surface area contributed by atoms with Crippen LogP contribution in [0.15, 0.2) is 5.16 Å². The Morgan fingerprint density at radius 2 is 1.74 bits per heavy atom. The molecule has 0 saturated heterocycles. The van der Waals surface area contributed by atoms with Crippen LogP contribution < -0.4 is 5.73 Å². The zero-order valence-electron chi connectivity index (χ0n) is 22.2. The molecule has 0 bridgehead atoms. The van der Waals surface area contributed by atoms with Crippen molar-refractivity contribution in [2.75, 3.05) is 24.6 Å². The SMILES string of the molecule is CC.CCCN(CCCCCCc1nc(Cl)c(F)c2nc(SCC)nc(N)c12)C(=O)OC(C)(C)C. The quantitative estimate of drug-likeness (QED) is 0.141. The van der Waals surface area contributed by atoms with Gasteiger partial charge in [0.15, 0.2) is 16.1 Å². The second-order valence-corrected chi connectivity index (χ2v) is 10.4. The standard InChI is InChI=1S/C23H35ClFN5O2S.C2H6/c1-6-13-30(22(31)32-23(3,4)5)14-11-9-8-10-12-15-16-18(17(25)19(24)27-15)28-21(33-7-2)29-20(16)26;1-2/h6-14H2,1-5H3,(H2,26,28,29);1-2H3. The number of hydrogen-bond donors (Lipinski definition) is 1. The summed E-state index contributed by atoms with van der Waals surface area (Å²) in [6.07, 6.45) is 4.78. The van der Waals surface area contributed by atoms with E-state index in [9.17, 15) is 9.18 Å². The summed E-state index contributed by atoms with van der Waals surface area (Å²) >= 11 is 7.43. The lowest BCUT2D eigenvalue weighted by atomic mass is 10.1. The number of halogens is 2. The van der Waals surface area contributed by atoms with Crippen LogP contribution in [0.4, 0.5) is 15.0 Å². The smallest absolute Gasteiger partial charge is 0.410 e. The summed E-state index contributed by atoms with van der Waals surface area (Å²) in [6.45, 7) is 15.0. The van der Waals surface area contributed by atoms with Crippen LogP contribution in [-0.4, -0.2) is 50.4 Å². The van der Waals surface area contributed by atoms with Crippen LogP contribution in [0.2, 0.25) is 5.15 Å². The Labute approximate surface area is 218 Å². The molecule has 2 N–H and O–H groups in total. The number of thioether (sulfide) groups is 1. The van der Waals surface area contributed by atoms with Crippen molar-refractivity contribution >= 4 is 46.2 Å². The summed E-state index contributed by atoms with van der Waals surface area (Å²) in [5, 5.41) is 0.670. The maximum atomic E-state index is 14.6. The Kier molecular flexibility index (Phi) is 13.6. The molecule has 0 aliphatic heterocycles. The van der Waals surface area contributed by atoms with Crippen molar-refractivity contribution in [2.24, 2.45) is 0 Å². The average Bonchev–Trinajstić information content (AvgIpc) is 2.78. The molecule has 0 unspecified atom stereocenters. The van der Waals surface area contributed by atoms with E-state index in [4.69, 9.17) is 22.1 Å². The van der Waals surface area contributed by atoms with Crippen LogP contribution >= 0.6 is 23.4 Å². The Morgan fingerprint density at radius 3 is 2.34 bits per heavy atom. The van der Waals surface area contributed by atoms with Crippen LogP contribution in [0.3, 0.4) is 0 Å². The number of nitrogens with zero attached hydrogens (tertiary/aromatic N) is 4. The van der Waals surface area contributed by atoms with Gasteiger partial charge in [0, 0.05) is 13.1 Å². The highest BCUT2D eigenvalue weighted by Gasteiger charge is 2.21. The van der Waals surface area contributed by atoms with Gasteiger partial charge >= 0.3 is 6.09 Å². The van der Waals surface area contributed by atoms with E-state index in [1.165, 1.54) is 11.8 Å². The minimum atomic E-state index is -0.666. The average molecular weight is 530 g/mol. The number of aryl methyl sites for hydroxylation is 1. The highest BCUT2D eigenvalue weighted by Crippen LogP contribution is 2.30. The van der Waals surface area contributed by atoms with Crippen molar-refractivity contribution in [3.8, 4) is 0 Å². The number of carbonyl (C=O) groups is 1. The summed E-state index contributed by atoms with van der Waals surface area (Å²) in [5.74, 6) is 0.309. The van der Waals surface area contributed by atoms with Crippen molar-refractivity contribution < 1.29 is 13.9 Å². The molecule has 2 heterocycles. The van der Waals surface area contributed by atoms with Crippen LogP contribution in [0.5, 0.6) is 0 Å². The fourth-order valence-corrected chi connectivity index (χ4v) is 4.20. The molecule has 0 saturated carbocycles. The van der Waals surface area contributed by atoms with Crippen molar-refractivity contribution in [1.82, 2.24) is 19.9 Å². The maximum absolute atomic E-state index is 14.6. The number of fused-ring (bicyclic) bond motifs is 1. The first-order valence-electron chi connectivity index (χ1n) is 12.5. The molecule has 0 fully saturated rings. The van der Waals surface area contributed by atoms with Crippen LogP contribution in [-0.2, 0) is 11.2 Å². The number of amides is 1. The van der Waals surface area contributed by atoms with E-state index < -0.39 is 11.4 Å². The number of pyridine rings is 1. The van der Waals surface area contributed by atoms with Gasteiger partial charge in [-0.3, -0.25) is 0 Å². The maximum Gasteiger partial charge on any atom is 0.410 e. The lowest BCUT2D eigenvalue weighted by Crippen LogP contribution is -2.37. The van der Waals surface area contributed by atoms with Crippen molar-refractivity contribution in [2.45, 2.75) is 97.7 Å². The molecule has 198 valence electrons. The number of ether oxygens (including phenoxy) is 1. The molecule has 2 rings (SSSR count). The number of unbranched alkanes of at least 4 members (excludes halogenated alkanes) is 3. The van der Waals surface area contributed by atoms with Crippen molar-refractivity contribution in [1.29, 1.82) is 0 Å². The topological polar surface area (TPSA) is 94.2 Å². The zero-order valence-corrected chi connectivity index (χ0v) is 23.8. The van der Waals surface area contributed by atoms with Crippen LogP contribution in [0.1, 0.15) is 86.3 Å². The van der Waals surface area contributed by atoms with Gasteiger partial charge in [0.05, 0.1) is 11.1 Å². The fraction of sp³-hybridized carbons (Fsp3) is 0.680. The molecular formula is C25H41ClFN5O2S. The first-order chi connectivity index (χ1) is 16.6. The molecular weight excluding hydrogens is 489 g/mol. The van der Waals surface area contributed by atoms with Gasteiger partial charge < -0.3 is 15.4 Å². The summed E-state index contributed by atoms with van der Waals surface area (Å²) < 4.78 is 20.1. The minimum absolute atomic E-state index is 0.126. The molecule has 0 radical (unpaired) electrons. The predicted octanol–water partition coefficient (Wildman–Crippen LogP) is 7.29. The Bertz CT molecular complexity index is 956. The first-order valence-corrected chi connectivity index (χ1v) is 13.9. The lowest BCUT2D eigenvalue weighted by molar-refractivity contribution is 0.0246. The third-order valence-corrected chi connectivity index (χ3v) is 5.82. The summed E-state index contributed by atoms with van der Waals surface area (Å²) in [6, 6.07) is 0. The predicted molar refractivity (Wildman–Crippen MR) is 145 cm³/mol. The second-order valence-electron chi connectivity index (χ2n) is 8.84. The summed E-state index contributed by atoms with van der Waals surface area (Å²) in [7, 11) is 0. The summed E-state index contributed by atoms with van der Waals surface area (Å²) in [4.78, 5) is 26.9. The highest BCUT2D eigenvalue weighted by atomic mass is 35.5. The molecule has 0 aliphatic rings. The van der Waals surface area contributed by atoms with Crippen molar-refractivity contribution in [3.05, 3.63) is 16.7 Å². The van der Waals surface area contributed by atoms with Gasteiger partial charge in [0.25, 0.3) is 0 Å². The van der Waals surface area contributed by atoms with E-state index in [2.05, 4.69) is 15.0 Å². The molecule has 10 heteroatoms. The first kappa shape index (κ1) is 31.2. The van der Waals surface area contributed by atoms with Gasteiger partial charge in [-0.15, -0.1) is 0 Å². The molecule has 1 amide bonds. The third-order valence-electron chi connectivity index (χ3n) is 4.84. The number of nitrogen functional groups attached to an aromatic ring is 1. The fourth-order valence-electron chi connectivity index (χ4n) is 3.44. The van der Waals surface area contributed by atoms with Gasteiger partial charge in [-0.2, -0.15) is 0 Å². The van der Waals surface area contributed by atoms with Crippen LogP contribution in [0, 0.1) is 5.82 Å². The van der Waals surface area contributed by atoms with Crippen LogP contribution in [0.25, 0.3) is 10.9 Å². The van der Waals surface area contributed by atoms with Gasteiger partial charge in [0.2, 0.25) is 0 Å². The molecule has 2 aromatic rings. The number of carbonyl (C=O) groups excluding carboxylic acids is 1. The summed E-state index contributed by atoms with van der Waals surface area (Å²) in [5.41, 5.74) is 6.37. The third kappa shape index (κ3) is 9.95. The highest BCUT2D eigenvalue weighted by molar-refractivity contribution is 7.99. The van der Waals surface area contributed by atoms with E-state index >= 15 is 0 Å². The van der Waals surface area contributed by atoms with E-state index in [-0.39, 0.29) is 22.6 Å². The molecule has 2 aromatic heterocycles. The number of hydrogen-bond acceptors (Lipinski definition) is 7. The van der Waals surface area contributed by atoms with Gasteiger partial charge in [-0.1, -0.05) is 63.9 Å². The Morgan fingerprint density at radius 1 is 1.09 bits per heavy atom. The molecule has 0 atom stereocenters. The number of anilines is 1. The van der Waals surface area contributed by atoms with E-state index in [1.54, 1.807) is 4.90 Å². The zero-order chi connectivity index (χ0) is 26.6. The molecule has 7 nitrogen and oxygen atoms in total. The molecule has 0 aliphatic carbocycles. The monoisotopic (exact) mass is 529 g/mol. The Hall–Kier alpha value is -1.87. The van der Waals surface area contributed by atoms with E-state index in [0.717, 1.165) is 37.9 Å². The molecule has 0 spiro atoms. The van der Waals surface area contributed by atoms with Gasteiger partial charge in [0.1, 0.15) is 16.9 Å². The van der Waals surface area contributed by atoms with E-state index in [1.807, 2.05) is 48.5 Å². The minimum Gasteiger partial charge on any atom is -0.444 e. The van der Waals surface area contributed by atoms with Gasteiger partial charge in [-0.05, 0) is 52.2 Å². The Balaban J connectivity index is 0.00000298. The number of aromatic nitrogens is 3. The van der Waals surface area contributed by atoms with Gasteiger partial charge in [-0.25, -0.2) is 24.1 Å². The molecule has 35 heavy (non-hydrogen) atoms. The largest absolute Gasteiger partial charge is 0.444 e.